The van der Waals surface area contributed by atoms with Crippen molar-refractivity contribution in [2.45, 2.75) is 0 Å². The molecule has 0 spiro atoms. The van der Waals surface area contributed by atoms with Crippen molar-refractivity contribution in [3.05, 3.63) is 0 Å². The molecule has 0 aromatic carbocycles. The van der Waals surface area contributed by atoms with Gasteiger partial charge in [0, 0.05) is 0 Å². The Labute approximate surface area is 81.0 Å². The summed E-state index contributed by atoms with van der Waals surface area (Å²) in [4.78, 5) is 0. The van der Waals surface area contributed by atoms with Crippen LogP contribution >= 0.6 is 0 Å². The quantitative estimate of drug-likeness (QED) is 0.397. The summed E-state index contributed by atoms with van der Waals surface area (Å²) in [7, 11) is 0. The van der Waals surface area contributed by atoms with E-state index in [9.17, 15) is 0 Å². The summed E-state index contributed by atoms with van der Waals surface area (Å²) < 4.78 is 34.3. The Hall–Kier alpha value is 1.64. The Morgan fingerprint density at radius 3 is 1.12 bits per heavy atom. The monoisotopic (exact) mass is 243 g/mol. The van der Waals surface area contributed by atoms with E-state index in [4.69, 9.17) is 16.0 Å². The predicted molar refractivity (Wildman–Crippen MR) is 1.37 cm³/mol. The van der Waals surface area contributed by atoms with Gasteiger partial charge in [0.1, 0.15) is 0 Å². The first-order valence-electron chi connectivity index (χ1n) is 0.617. The third-order valence-corrected chi connectivity index (χ3v) is 0. The van der Waals surface area contributed by atoms with Crippen LogP contribution in [-0.2, 0) is 54.3 Å². The van der Waals surface area contributed by atoms with E-state index in [2.05, 4.69) is 0 Å². The van der Waals surface area contributed by atoms with Gasteiger partial charge in [-0.2, -0.15) is 0 Å². The van der Waals surface area contributed by atoms with E-state index in [1.807, 2.05) is 0 Å². The van der Waals surface area contributed by atoms with E-state index in [0.29, 0.717) is 0 Å². The van der Waals surface area contributed by atoms with Crippen molar-refractivity contribution in [1.29, 1.82) is 0 Å². The molecule has 48 valence electrons. The van der Waals surface area contributed by atoms with E-state index in [-0.39, 0.29) is 52.1 Å². The van der Waals surface area contributed by atoms with Crippen molar-refractivity contribution >= 4 is 0 Å². The predicted octanol–water partition coefficient (Wildman–Crippen LogP) is -5.62. The van der Waals surface area contributed by atoms with Crippen molar-refractivity contribution in [2.75, 3.05) is 0 Å². The van der Waals surface area contributed by atoms with Gasteiger partial charge < -0.3 is 0 Å². The summed E-state index contributed by atoms with van der Waals surface area (Å²) in [6.07, 6.45) is 0. The molecule has 0 fully saturated rings. The van der Waals surface area contributed by atoms with Crippen LogP contribution in [0.4, 0.5) is 0 Å². The molecule has 0 saturated carbocycles. The van der Waals surface area contributed by atoms with Gasteiger partial charge in [-0.1, -0.05) is 0 Å². The van der Waals surface area contributed by atoms with Crippen LogP contribution in [0.2, 0.25) is 0 Å². The second kappa shape index (κ2) is 8.64. The van der Waals surface area contributed by atoms with Gasteiger partial charge in [0.05, 0.1) is 0 Å². The first-order valence-corrected chi connectivity index (χ1v) is 2.54. The van der Waals surface area contributed by atoms with Crippen LogP contribution in [0, 0.1) is 0 Å². The van der Waals surface area contributed by atoms with Crippen molar-refractivity contribution in [1.82, 2.24) is 0 Å². The van der Waals surface area contributed by atoms with Gasteiger partial charge in [0.15, 0.2) is 0 Å². The zero-order valence-corrected chi connectivity index (χ0v) is 6.87. The molecule has 0 N–H and O–H groups in total. The van der Waals surface area contributed by atoms with E-state index >= 15 is 0 Å². The Morgan fingerprint density at radius 1 is 1.12 bits per heavy atom. The molecule has 0 amide bonds. The summed E-state index contributed by atoms with van der Waals surface area (Å²) in [6, 6.07) is 0. The van der Waals surface area contributed by atoms with Crippen LogP contribution in [-0.4, -0.2) is 0 Å². The molecule has 0 aliphatic rings. The van der Waals surface area contributed by atoms with Crippen LogP contribution < -0.4 is 27.2 Å². The number of rotatable bonds is 0. The standard InChI is InChI=1S/Co.Li.Mn.Ni.4O/q+2;+1;;+2;;;2*-1. The van der Waals surface area contributed by atoms with E-state index in [1.165, 1.54) is 0 Å². The van der Waals surface area contributed by atoms with Crippen LogP contribution in [0.15, 0.2) is 0 Å². The Balaban J connectivity index is -0.0000000267. The van der Waals surface area contributed by atoms with Crippen molar-refractivity contribution in [3.8, 4) is 0 Å². The summed E-state index contributed by atoms with van der Waals surface area (Å²) >= 11 is -5.62. The maximum atomic E-state index is 8.58. The molecular weight excluding hydrogens is 244 g/mol. The first-order chi connectivity index (χ1) is 2.00. The fourth-order valence-electron chi connectivity index (χ4n) is 0. The zero-order chi connectivity index (χ0) is 4.50. The van der Waals surface area contributed by atoms with Crippen molar-refractivity contribution < 1.29 is 81.5 Å². The van der Waals surface area contributed by atoms with Crippen LogP contribution in [0.3, 0.4) is 0 Å². The third-order valence-electron chi connectivity index (χ3n) is 0. The van der Waals surface area contributed by atoms with E-state index in [0.717, 1.165) is 0 Å². The third kappa shape index (κ3) is 126. The van der Waals surface area contributed by atoms with Gasteiger partial charge in [-0.15, -0.1) is 0 Å². The second-order valence-corrected chi connectivity index (χ2v) is 1.56. The van der Waals surface area contributed by atoms with Gasteiger partial charge in [-0.05, 0) is 0 Å². The molecule has 0 heterocycles. The van der Waals surface area contributed by atoms with Crippen LogP contribution in [0.1, 0.15) is 0 Å². The van der Waals surface area contributed by atoms with Crippen LogP contribution in [0.25, 0.3) is 0 Å². The summed E-state index contributed by atoms with van der Waals surface area (Å²) in [5.41, 5.74) is 0. The van der Waals surface area contributed by atoms with E-state index < -0.39 is 13.4 Å². The minimum atomic E-state index is -5.62. The van der Waals surface area contributed by atoms with Gasteiger partial charge in [0.25, 0.3) is 0 Å². The fraction of sp³-hybridized carbons (Fsp3) is 0. The topological polar surface area (TPSA) is 80.3 Å². The van der Waals surface area contributed by atoms with E-state index in [1.54, 1.807) is 0 Å². The molecule has 0 aromatic heterocycles. The molecular formula is CoLiMnNiO4+3. The Morgan fingerprint density at radius 2 is 1.12 bits per heavy atom. The molecule has 0 bridgehead atoms. The minimum absolute atomic E-state index is 0. The molecule has 4 nitrogen and oxygen atoms in total. The molecule has 0 unspecified atom stereocenters. The normalized spacial score (nSPS) is 7.25. The summed E-state index contributed by atoms with van der Waals surface area (Å²) in [5.74, 6) is 0. The van der Waals surface area contributed by atoms with Crippen molar-refractivity contribution in [2.24, 2.45) is 0 Å². The summed E-state index contributed by atoms with van der Waals surface area (Å²) in [5, 5.41) is 0. The maximum absolute atomic E-state index is 8.58. The Bertz CT molecular complexity index is 99.2. The molecule has 8 heavy (non-hydrogen) atoms. The number of hydrogen-bond acceptors (Lipinski definition) is 4. The van der Waals surface area contributed by atoms with Gasteiger partial charge >= 0.3 is 81.5 Å². The average molecular weight is 244 g/mol. The van der Waals surface area contributed by atoms with Gasteiger partial charge in [-0.3, -0.25) is 0 Å². The Kier molecular flexibility index (Phi) is 24.4. The molecule has 1 radical (unpaired) electrons. The SMILES string of the molecule is [Co+2].[Li+].[Ni+2].[O]=[Mn](=[O])([O-])[O-]. The molecule has 0 aliphatic carbocycles. The molecule has 8 heteroatoms. The zero-order valence-electron chi connectivity index (χ0n) is 3.66. The van der Waals surface area contributed by atoms with Crippen LogP contribution in [0.5, 0.6) is 0 Å². The summed E-state index contributed by atoms with van der Waals surface area (Å²) in [6.45, 7) is 0. The van der Waals surface area contributed by atoms with Gasteiger partial charge in [0.2, 0.25) is 0 Å². The average Bonchev–Trinajstić information content (AvgIpc) is 0.722. The van der Waals surface area contributed by atoms with Crippen molar-refractivity contribution in [3.63, 3.8) is 0 Å². The van der Waals surface area contributed by atoms with Gasteiger partial charge in [-0.25, -0.2) is 0 Å². The number of hydrogen-bond donors (Lipinski definition) is 0. The molecule has 0 aliphatic heterocycles. The molecule has 0 aromatic rings. The first kappa shape index (κ1) is 22.6. The molecule has 0 saturated heterocycles. The second-order valence-electron chi connectivity index (χ2n) is 0.378. The molecule has 0 atom stereocenters. The molecule has 0 rings (SSSR count). The fourth-order valence-corrected chi connectivity index (χ4v) is 0.